The van der Waals surface area contributed by atoms with E-state index in [9.17, 15) is 14.0 Å². The maximum Gasteiger partial charge on any atom is 0.346 e. The lowest BCUT2D eigenvalue weighted by Crippen LogP contribution is -2.40. The van der Waals surface area contributed by atoms with Gasteiger partial charge in [-0.1, -0.05) is 12.1 Å². The number of anilines is 1. The van der Waals surface area contributed by atoms with Gasteiger partial charge in [-0.15, -0.1) is 5.10 Å². The van der Waals surface area contributed by atoms with E-state index in [1.807, 2.05) is 6.92 Å². The number of nitrogens with one attached hydrogen (secondary N) is 1. The molecule has 0 aliphatic carbocycles. The van der Waals surface area contributed by atoms with Crippen LogP contribution in [0, 0.1) is 5.82 Å². The van der Waals surface area contributed by atoms with Crippen molar-refractivity contribution in [3.63, 3.8) is 0 Å². The average Bonchev–Trinajstić information content (AvgIpc) is 2.43. The second kappa shape index (κ2) is 5.28. The minimum absolute atomic E-state index is 0.0754. The van der Waals surface area contributed by atoms with Gasteiger partial charge in [-0.25, -0.2) is 13.9 Å². The maximum atomic E-state index is 12.9. The first-order valence-corrected chi connectivity index (χ1v) is 6.06. The molecule has 7 heteroatoms. The third-order valence-corrected chi connectivity index (χ3v) is 3.04. The zero-order valence-corrected chi connectivity index (χ0v) is 11.4. The molecule has 1 N–H and O–H groups in total. The van der Waals surface area contributed by atoms with Crippen LogP contribution in [0.2, 0.25) is 0 Å². The molecule has 2 aromatic rings. The van der Waals surface area contributed by atoms with Gasteiger partial charge in [-0.3, -0.25) is 9.36 Å². The molecule has 0 spiro atoms. The lowest BCUT2D eigenvalue weighted by molar-refractivity contribution is 0.600. The Labute approximate surface area is 114 Å². The number of aromatic nitrogens is 3. The van der Waals surface area contributed by atoms with E-state index in [4.69, 9.17) is 0 Å². The van der Waals surface area contributed by atoms with Gasteiger partial charge in [-0.05, 0) is 24.6 Å². The van der Waals surface area contributed by atoms with Crippen LogP contribution in [-0.2, 0) is 14.1 Å². The molecule has 20 heavy (non-hydrogen) atoms. The summed E-state index contributed by atoms with van der Waals surface area (Å²) in [7, 11) is 2.86. The Hall–Kier alpha value is -2.44. The smallest absolute Gasteiger partial charge is 0.346 e. The van der Waals surface area contributed by atoms with Crippen molar-refractivity contribution in [3.05, 3.63) is 56.5 Å². The van der Waals surface area contributed by atoms with E-state index in [1.54, 1.807) is 12.1 Å². The summed E-state index contributed by atoms with van der Waals surface area (Å²) in [6.45, 7) is 1.82. The normalized spacial score (nSPS) is 12.2. The Morgan fingerprint density at radius 1 is 1.20 bits per heavy atom. The first-order chi connectivity index (χ1) is 9.40. The number of rotatable bonds is 3. The van der Waals surface area contributed by atoms with Gasteiger partial charge in [0.25, 0.3) is 5.56 Å². The minimum Gasteiger partial charge on any atom is -0.358 e. The number of halogens is 1. The molecule has 6 nitrogen and oxygen atoms in total. The summed E-state index contributed by atoms with van der Waals surface area (Å²) in [5, 5.41) is 6.83. The summed E-state index contributed by atoms with van der Waals surface area (Å²) in [4.78, 5) is 23.5. The molecule has 2 rings (SSSR count). The Balaban J connectivity index is 2.33. The van der Waals surface area contributed by atoms with Gasteiger partial charge in [-0.2, -0.15) is 0 Å². The fraction of sp³-hybridized carbons (Fsp3) is 0.308. The SMILES string of the molecule is C[C@H](Nc1nn(C)c(=O)n(C)c1=O)c1ccc(F)cc1. The van der Waals surface area contributed by atoms with Crippen molar-refractivity contribution < 1.29 is 4.39 Å². The van der Waals surface area contributed by atoms with E-state index < -0.39 is 11.2 Å². The highest BCUT2D eigenvalue weighted by Gasteiger charge is 2.12. The molecule has 0 radical (unpaired) electrons. The lowest BCUT2D eigenvalue weighted by atomic mass is 10.1. The average molecular weight is 278 g/mol. The van der Waals surface area contributed by atoms with E-state index in [1.165, 1.54) is 26.2 Å². The third kappa shape index (κ3) is 2.61. The van der Waals surface area contributed by atoms with Gasteiger partial charge in [0.05, 0.1) is 6.04 Å². The van der Waals surface area contributed by atoms with Gasteiger partial charge < -0.3 is 5.32 Å². The summed E-state index contributed by atoms with van der Waals surface area (Å²) in [5.41, 5.74) is -0.179. The van der Waals surface area contributed by atoms with Crippen LogP contribution in [0.4, 0.5) is 10.2 Å². The topological polar surface area (TPSA) is 68.9 Å². The van der Waals surface area contributed by atoms with Gasteiger partial charge in [0.1, 0.15) is 5.82 Å². The largest absolute Gasteiger partial charge is 0.358 e. The molecule has 0 aliphatic rings. The molecule has 1 aromatic carbocycles. The monoisotopic (exact) mass is 278 g/mol. The Morgan fingerprint density at radius 3 is 2.40 bits per heavy atom. The van der Waals surface area contributed by atoms with Crippen LogP contribution in [0.1, 0.15) is 18.5 Å². The first-order valence-electron chi connectivity index (χ1n) is 6.06. The van der Waals surface area contributed by atoms with E-state index in [2.05, 4.69) is 10.4 Å². The van der Waals surface area contributed by atoms with Gasteiger partial charge in [0, 0.05) is 14.1 Å². The molecule has 0 aliphatic heterocycles. The van der Waals surface area contributed by atoms with Crippen molar-refractivity contribution in [2.75, 3.05) is 5.32 Å². The van der Waals surface area contributed by atoms with Gasteiger partial charge >= 0.3 is 5.69 Å². The lowest BCUT2D eigenvalue weighted by Gasteiger charge is -2.15. The fourth-order valence-corrected chi connectivity index (χ4v) is 1.83. The van der Waals surface area contributed by atoms with Crippen LogP contribution in [0.3, 0.4) is 0 Å². The zero-order chi connectivity index (χ0) is 14.9. The number of nitrogens with zero attached hydrogens (tertiary/aromatic N) is 3. The van der Waals surface area contributed by atoms with Crippen molar-refractivity contribution in [3.8, 4) is 0 Å². The third-order valence-electron chi connectivity index (χ3n) is 3.04. The molecular formula is C13H15FN4O2. The van der Waals surface area contributed by atoms with Crippen LogP contribution in [0.25, 0.3) is 0 Å². The molecule has 0 saturated heterocycles. The second-order valence-electron chi connectivity index (χ2n) is 4.54. The Morgan fingerprint density at radius 2 is 1.80 bits per heavy atom. The van der Waals surface area contributed by atoms with Gasteiger partial charge in [0.15, 0.2) is 0 Å². The van der Waals surface area contributed by atoms with Crippen molar-refractivity contribution in [1.82, 2.24) is 14.3 Å². The predicted octanol–water partition coefficient (Wildman–Crippen LogP) is 0.791. The summed E-state index contributed by atoms with van der Waals surface area (Å²) in [6, 6.07) is 5.70. The number of aryl methyl sites for hydroxylation is 1. The molecule has 106 valence electrons. The fourth-order valence-electron chi connectivity index (χ4n) is 1.83. The van der Waals surface area contributed by atoms with Crippen LogP contribution in [0.5, 0.6) is 0 Å². The van der Waals surface area contributed by atoms with E-state index in [0.717, 1.165) is 14.8 Å². The molecule has 1 aromatic heterocycles. The summed E-state index contributed by atoms with van der Waals surface area (Å²) in [6.07, 6.45) is 0. The van der Waals surface area contributed by atoms with E-state index in [-0.39, 0.29) is 17.7 Å². The number of hydrogen-bond donors (Lipinski definition) is 1. The highest BCUT2D eigenvalue weighted by atomic mass is 19.1. The van der Waals surface area contributed by atoms with Crippen LogP contribution in [-0.4, -0.2) is 14.3 Å². The van der Waals surface area contributed by atoms with Crippen LogP contribution in [0.15, 0.2) is 33.9 Å². The Bertz CT molecular complexity index is 734. The molecule has 1 atom stereocenters. The van der Waals surface area contributed by atoms with Crippen molar-refractivity contribution >= 4 is 5.82 Å². The molecule has 0 unspecified atom stereocenters. The molecule has 1 heterocycles. The van der Waals surface area contributed by atoms with E-state index in [0.29, 0.717) is 0 Å². The number of benzene rings is 1. The van der Waals surface area contributed by atoms with Gasteiger partial charge in [0.2, 0.25) is 5.82 Å². The van der Waals surface area contributed by atoms with Crippen molar-refractivity contribution in [1.29, 1.82) is 0 Å². The minimum atomic E-state index is -0.498. The standard InChI is InChI=1S/C13H15FN4O2/c1-8(9-4-6-10(14)7-5-9)15-11-12(19)17(2)13(20)18(3)16-11/h4-8H,1-3H3,(H,15,16)/t8-/m0/s1. The molecular weight excluding hydrogens is 263 g/mol. The van der Waals surface area contributed by atoms with E-state index >= 15 is 0 Å². The molecule has 0 amide bonds. The first kappa shape index (κ1) is 14.0. The number of hydrogen-bond acceptors (Lipinski definition) is 4. The van der Waals surface area contributed by atoms with Crippen LogP contribution < -0.4 is 16.6 Å². The summed E-state index contributed by atoms with van der Waals surface area (Å²) >= 11 is 0. The van der Waals surface area contributed by atoms with Crippen molar-refractivity contribution in [2.24, 2.45) is 14.1 Å². The summed E-state index contributed by atoms with van der Waals surface area (Å²) in [5.74, 6) is -0.247. The quantitative estimate of drug-likeness (QED) is 0.901. The maximum absolute atomic E-state index is 12.9. The predicted molar refractivity (Wildman–Crippen MR) is 73.2 cm³/mol. The van der Waals surface area contributed by atoms with Crippen molar-refractivity contribution in [2.45, 2.75) is 13.0 Å². The molecule has 0 saturated carbocycles. The molecule has 0 bridgehead atoms. The summed E-state index contributed by atoms with van der Waals surface area (Å²) < 4.78 is 14.9. The highest BCUT2D eigenvalue weighted by Crippen LogP contribution is 2.15. The zero-order valence-electron chi connectivity index (χ0n) is 11.4. The second-order valence-corrected chi connectivity index (χ2v) is 4.54. The highest BCUT2D eigenvalue weighted by molar-refractivity contribution is 5.35. The Kier molecular flexibility index (Phi) is 3.69. The van der Waals surface area contributed by atoms with Crippen LogP contribution >= 0.6 is 0 Å². The molecule has 0 fully saturated rings.